The number of rotatable bonds is 5. The van der Waals surface area contributed by atoms with Crippen LogP contribution in [-0.2, 0) is 17.8 Å². The molecule has 2 aromatic rings. The van der Waals surface area contributed by atoms with Crippen molar-refractivity contribution in [3.8, 4) is 0 Å². The van der Waals surface area contributed by atoms with Crippen LogP contribution in [0.4, 0.5) is 0 Å². The Hall–Kier alpha value is -1.65. The van der Waals surface area contributed by atoms with Gasteiger partial charge in [0.05, 0.1) is 0 Å². The summed E-state index contributed by atoms with van der Waals surface area (Å²) in [6.45, 7) is 6.79. The van der Waals surface area contributed by atoms with Crippen LogP contribution in [0.15, 0.2) is 41.8 Å². The van der Waals surface area contributed by atoms with Crippen molar-refractivity contribution in [2.24, 2.45) is 0 Å². The zero-order valence-corrected chi connectivity index (χ0v) is 14.5. The summed E-state index contributed by atoms with van der Waals surface area (Å²) in [6.07, 6.45) is 1.46. The Morgan fingerprint density at radius 3 is 2.65 bits per heavy atom. The van der Waals surface area contributed by atoms with Gasteiger partial charge in [0.2, 0.25) is 5.91 Å². The monoisotopic (exact) mass is 328 g/mol. The second-order valence-electron chi connectivity index (χ2n) is 6.23. The van der Waals surface area contributed by atoms with Gasteiger partial charge in [0, 0.05) is 44.0 Å². The molecule has 0 bridgehead atoms. The van der Waals surface area contributed by atoms with Gasteiger partial charge >= 0.3 is 0 Å². The Balaban J connectivity index is 1.43. The molecule has 3 nitrogen and oxygen atoms in total. The zero-order valence-electron chi connectivity index (χ0n) is 13.7. The molecular formula is C19H24N2OS. The van der Waals surface area contributed by atoms with Crippen LogP contribution in [-0.4, -0.2) is 41.9 Å². The van der Waals surface area contributed by atoms with Crippen LogP contribution in [0, 0.1) is 6.92 Å². The highest BCUT2D eigenvalue weighted by molar-refractivity contribution is 7.09. The molecule has 0 aliphatic carbocycles. The molecule has 0 saturated carbocycles. The Bertz CT molecular complexity index is 631. The first-order chi connectivity index (χ1) is 11.2. The van der Waals surface area contributed by atoms with E-state index in [2.05, 4.69) is 53.6 Å². The number of hydrogen-bond donors (Lipinski definition) is 0. The number of hydrogen-bond acceptors (Lipinski definition) is 3. The van der Waals surface area contributed by atoms with Crippen molar-refractivity contribution in [2.45, 2.75) is 26.3 Å². The lowest BCUT2D eigenvalue weighted by molar-refractivity contribution is -0.132. The van der Waals surface area contributed by atoms with E-state index in [1.807, 2.05) is 16.2 Å². The van der Waals surface area contributed by atoms with Crippen LogP contribution in [0.2, 0.25) is 0 Å². The van der Waals surface area contributed by atoms with E-state index in [9.17, 15) is 4.79 Å². The van der Waals surface area contributed by atoms with Crippen LogP contribution >= 0.6 is 11.3 Å². The summed E-state index contributed by atoms with van der Waals surface area (Å²) in [4.78, 5) is 18.3. The van der Waals surface area contributed by atoms with E-state index in [1.165, 1.54) is 16.0 Å². The van der Waals surface area contributed by atoms with Gasteiger partial charge in [-0.25, -0.2) is 0 Å². The summed E-state index contributed by atoms with van der Waals surface area (Å²) in [7, 11) is 0. The van der Waals surface area contributed by atoms with Gasteiger partial charge in [-0.2, -0.15) is 0 Å². The molecule has 1 aliphatic heterocycles. The lowest BCUT2D eigenvalue weighted by atomic mass is 10.1. The minimum Gasteiger partial charge on any atom is -0.340 e. The van der Waals surface area contributed by atoms with Gasteiger partial charge in [-0.05, 0) is 30.4 Å². The molecule has 1 aromatic carbocycles. The normalized spacial score (nSPS) is 15.8. The minimum absolute atomic E-state index is 0.294. The van der Waals surface area contributed by atoms with Gasteiger partial charge < -0.3 is 4.90 Å². The number of carbonyl (C=O) groups is 1. The number of carbonyl (C=O) groups excluding carboxylic acids is 1. The van der Waals surface area contributed by atoms with Crippen LogP contribution in [0.5, 0.6) is 0 Å². The maximum absolute atomic E-state index is 12.4. The highest BCUT2D eigenvalue weighted by Gasteiger charge is 2.20. The number of piperazine rings is 1. The highest BCUT2D eigenvalue weighted by Crippen LogP contribution is 2.14. The molecule has 0 atom stereocenters. The molecule has 4 heteroatoms. The van der Waals surface area contributed by atoms with Crippen molar-refractivity contribution < 1.29 is 4.79 Å². The number of thiophene rings is 1. The third kappa shape index (κ3) is 4.66. The molecule has 0 radical (unpaired) electrons. The molecule has 1 saturated heterocycles. The standard InChI is InChI=1S/C19H24N2OS/c1-16-4-2-5-17(14-16)7-8-19(22)21-11-9-20(10-12-21)15-18-6-3-13-23-18/h2-6,13-14H,7-12,15H2,1H3. The maximum Gasteiger partial charge on any atom is 0.222 e. The number of amides is 1. The van der Waals surface area contributed by atoms with Crippen LogP contribution < -0.4 is 0 Å². The van der Waals surface area contributed by atoms with E-state index in [4.69, 9.17) is 0 Å². The van der Waals surface area contributed by atoms with Gasteiger partial charge in [0.25, 0.3) is 0 Å². The second kappa shape index (κ2) is 7.75. The molecule has 1 aromatic heterocycles. The quantitative estimate of drug-likeness (QED) is 0.840. The SMILES string of the molecule is Cc1cccc(CCC(=O)N2CCN(Cc3cccs3)CC2)c1. The van der Waals surface area contributed by atoms with Gasteiger partial charge in [0.1, 0.15) is 0 Å². The van der Waals surface area contributed by atoms with Gasteiger partial charge in [-0.1, -0.05) is 35.9 Å². The highest BCUT2D eigenvalue weighted by atomic mass is 32.1. The van der Waals surface area contributed by atoms with Crippen molar-refractivity contribution in [1.82, 2.24) is 9.80 Å². The molecule has 2 heterocycles. The van der Waals surface area contributed by atoms with Crippen molar-refractivity contribution in [3.63, 3.8) is 0 Å². The lowest BCUT2D eigenvalue weighted by Gasteiger charge is -2.34. The third-order valence-electron chi connectivity index (χ3n) is 4.39. The average Bonchev–Trinajstić information content (AvgIpc) is 3.06. The summed E-state index contributed by atoms with van der Waals surface area (Å²) >= 11 is 1.81. The van der Waals surface area contributed by atoms with E-state index in [1.54, 1.807) is 0 Å². The molecule has 122 valence electrons. The Labute approximate surface area is 142 Å². The van der Waals surface area contributed by atoms with E-state index in [-0.39, 0.29) is 0 Å². The van der Waals surface area contributed by atoms with Gasteiger partial charge in [0.15, 0.2) is 0 Å². The fraction of sp³-hybridized carbons (Fsp3) is 0.421. The van der Waals surface area contributed by atoms with Crippen molar-refractivity contribution in [3.05, 3.63) is 57.8 Å². The average molecular weight is 328 g/mol. The van der Waals surface area contributed by atoms with E-state index < -0.39 is 0 Å². The van der Waals surface area contributed by atoms with Gasteiger partial charge in [-0.3, -0.25) is 9.69 Å². The van der Waals surface area contributed by atoms with E-state index >= 15 is 0 Å². The molecule has 1 aliphatic rings. The summed E-state index contributed by atoms with van der Waals surface area (Å²) in [6, 6.07) is 12.7. The summed E-state index contributed by atoms with van der Waals surface area (Å²) in [5, 5.41) is 2.13. The minimum atomic E-state index is 0.294. The number of benzene rings is 1. The Morgan fingerprint density at radius 1 is 1.13 bits per heavy atom. The van der Waals surface area contributed by atoms with Crippen LogP contribution in [0.1, 0.15) is 22.4 Å². The fourth-order valence-corrected chi connectivity index (χ4v) is 3.80. The Morgan fingerprint density at radius 2 is 1.96 bits per heavy atom. The van der Waals surface area contributed by atoms with Gasteiger partial charge in [-0.15, -0.1) is 11.3 Å². The van der Waals surface area contributed by atoms with Crippen molar-refractivity contribution in [2.75, 3.05) is 26.2 Å². The predicted octanol–water partition coefficient (Wildman–Crippen LogP) is 3.33. The topological polar surface area (TPSA) is 23.6 Å². The first-order valence-corrected chi connectivity index (χ1v) is 9.17. The summed E-state index contributed by atoms with van der Waals surface area (Å²) in [5.41, 5.74) is 2.52. The van der Waals surface area contributed by atoms with Crippen molar-refractivity contribution >= 4 is 17.2 Å². The smallest absolute Gasteiger partial charge is 0.222 e. The number of nitrogens with zero attached hydrogens (tertiary/aromatic N) is 2. The van der Waals surface area contributed by atoms with E-state index in [0.29, 0.717) is 12.3 Å². The predicted molar refractivity (Wildman–Crippen MR) is 95.7 cm³/mol. The first kappa shape index (κ1) is 16.2. The zero-order chi connectivity index (χ0) is 16.1. The van der Waals surface area contributed by atoms with Crippen LogP contribution in [0.25, 0.3) is 0 Å². The van der Waals surface area contributed by atoms with Crippen molar-refractivity contribution in [1.29, 1.82) is 0 Å². The fourth-order valence-electron chi connectivity index (χ4n) is 3.06. The second-order valence-corrected chi connectivity index (χ2v) is 7.26. The maximum atomic E-state index is 12.4. The molecule has 1 amide bonds. The summed E-state index contributed by atoms with van der Waals surface area (Å²) in [5.74, 6) is 0.294. The summed E-state index contributed by atoms with van der Waals surface area (Å²) < 4.78 is 0. The molecular weight excluding hydrogens is 304 g/mol. The molecule has 0 unspecified atom stereocenters. The lowest BCUT2D eigenvalue weighted by Crippen LogP contribution is -2.48. The molecule has 1 fully saturated rings. The molecule has 0 N–H and O–H groups in total. The van der Waals surface area contributed by atoms with Crippen LogP contribution in [0.3, 0.4) is 0 Å². The van der Waals surface area contributed by atoms with E-state index in [0.717, 1.165) is 39.1 Å². The number of aryl methyl sites for hydroxylation is 2. The first-order valence-electron chi connectivity index (χ1n) is 8.29. The molecule has 3 rings (SSSR count). The molecule has 0 spiro atoms. The molecule has 23 heavy (non-hydrogen) atoms. The Kier molecular flexibility index (Phi) is 5.47. The largest absolute Gasteiger partial charge is 0.340 e. The third-order valence-corrected chi connectivity index (χ3v) is 5.26.